The molecule has 1 aromatic heterocycles. The van der Waals surface area contributed by atoms with Crippen molar-refractivity contribution in [2.75, 3.05) is 28.6 Å². The summed E-state index contributed by atoms with van der Waals surface area (Å²) in [6.07, 6.45) is 4.18. The van der Waals surface area contributed by atoms with Crippen LogP contribution in [0.15, 0.2) is 60.8 Å². The van der Waals surface area contributed by atoms with Gasteiger partial charge in [0.05, 0.1) is 5.56 Å². The van der Waals surface area contributed by atoms with Crippen LogP contribution < -0.4 is 15.5 Å². The van der Waals surface area contributed by atoms with Crippen molar-refractivity contribution in [2.45, 2.75) is 12.8 Å². The largest absolute Gasteiger partial charge is 0.478 e. The molecule has 3 aromatic rings. The molecule has 0 spiro atoms. The van der Waals surface area contributed by atoms with Crippen molar-refractivity contribution in [1.82, 2.24) is 9.97 Å². The number of anilines is 5. The number of carbonyl (C=O) groups is 1. The fraction of sp³-hybridized carbons (Fsp3) is 0.190. The van der Waals surface area contributed by atoms with Gasteiger partial charge in [-0.05, 0) is 67.4 Å². The first-order chi connectivity index (χ1) is 13.7. The number of aromatic nitrogens is 2. The van der Waals surface area contributed by atoms with E-state index < -0.39 is 5.97 Å². The number of nitrogens with one attached hydrogen (secondary N) is 2. The van der Waals surface area contributed by atoms with E-state index in [0.29, 0.717) is 11.8 Å². The van der Waals surface area contributed by atoms with Crippen molar-refractivity contribution in [3.63, 3.8) is 0 Å². The number of carboxylic acids is 1. The fourth-order valence-corrected chi connectivity index (χ4v) is 3.19. The van der Waals surface area contributed by atoms with Gasteiger partial charge in [0.1, 0.15) is 5.82 Å². The first-order valence-electron chi connectivity index (χ1n) is 9.23. The third-order valence-corrected chi connectivity index (χ3v) is 4.65. The maximum absolute atomic E-state index is 10.9. The Morgan fingerprint density at radius 3 is 2.21 bits per heavy atom. The Morgan fingerprint density at radius 1 is 0.893 bits per heavy atom. The number of rotatable bonds is 6. The second kappa shape index (κ2) is 7.96. The first-order valence-corrected chi connectivity index (χ1v) is 9.23. The van der Waals surface area contributed by atoms with E-state index in [2.05, 4.69) is 37.6 Å². The Bertz CT molecular complexity index is 951. The lowest BCUT2D eigenvalue weighted by atomic mass is 10.2. The molecule has 2 heterocycles. The third-order valence-electron chi connectivity index (χ3n) is 4.65. The van der Waals surface area contributed by atoms with E-state index in [1.54, 1.807) is 36.5 Å². The van der Waals surface area contributed by atoms with Crippen LogP contribution >= 0.6 is 0 Å². The van der Waals surface area contributed by atoms with Gasteiger partial charge >= 0.3 is 5.97 Å². The summed E-state index contributed by atoms with van der Waals surface area (Å²) in [5, 5.41) is 15.3. The monoisotopic (exact) mass is 375 g/mol. The van der Waals surface area contributed by atoms with Gasteiger partial charge in [0, 0.05) is 36.3 Å². The van der Waals surface area contributed by atoms with Crippen LogP contribution in [0.2, 0.25) is 0 Å². The van der Waals surface area contributed by atoms with Gasteiger partial charge < -0.3 is 20.6 Å². The summed E-state index contributed by atoms with van der Waals surface area (Å²) in [4.78, 5) is 22.0. The number of hydrogen-bond donors (Lipinski definition) is 3. The minimum atomic E-state index is -0.948. The molecule has 7 nitrogen and oxygen atoms in total. The molecule has 0 unspecified atom stereocenters. The molecule has 0 saturated carbocycles. The molecule has 0 bridgehead atoms. The Kier molecular flexibility index (Phi) is 5.05. The SMILES string of the molecule is O=C(O)c1ccc(Nc2ccnc(Nc3ccc(N4CCCC4)cc3)n2)cc1. The lowest BCUT2D eigenvalue weighted by Crippen LogP contribution is -2.17. The Hall–Kier alpha value is -3.61. The van der Waals surface area contributed by atoms with Crippen molar-refractivity contribution in [3.8, 4) is 0 Å². The maximum atomic E-state index is 10.9. The molecule has 3 N–H and O–H groups in total. The lowest BCUT2D eigenvalue weighted by molar-refractivity contribution is 0.0697. The van der Waals surface area contributed by atoms with Crippen LogP contribution in [0.4, 0.5) is 28.8 Å². The first kappa shape index (κ1) is 17.8. The molecule has 2 aromatic carbocycles. The van der Waals surface area contributed by atoms with Gasteiger partial charge in [0.2, 0.25) is 5.95 Å². The minimum absolute atomic E-state index is 0.243. The molecule has 1 fully saturated rings. The zero-order valence-electron chi connectivity index (χ0n) is 15.3. The lowest BCUT2D eigenvalue weighted by Gasteiger charge is -2.17. The standard InChI is InChI=1S/C21H21N5O2/c27-20(28)15-3-5-16(6-4-15)23-19-11-12-22-21(25-19)24-17-7-9-18(10-8-17)26-13-1-2-14-26/h3-12H,1-2,13-14H2,(H,27,28)(H2,22,23,24,25). The minimum Gasteiger partial charge on any atom is -0.478 e. The Morgan fingerprint density at radius 2 is 1.54 bits per heavy atom. The molecule has 4 rings (SSSR count). The summed E-state index contributed by atoms with van der Waals surface area (Å²) in [5.74, 6) is 0.158. The van der Waals surface area contributed by atoms with Crippen molar-refractivity contribution in [3.05, 3.63) is 66.4 Å². The van der Waals surface area contributed by atoms with Crippen LogP contribution in [0.1, 0.15) is 23.2 Å². The van der Waals surface area contributed by atoms with Crippen molar-refractivity contribution < 1.29 is 9.90 Å². The Balaban J connectivity index is 1.42. The van der Waals surface area contributed by atoms with Gasteiger partial charge in [0.15, 0.2) is 0 Å². The molecule has 7 heteroatoms. The van der Waals surface area contributed by atoms with Gasteiger partial charge in [-0.3, -0.25) is 0 Å². The highest BCUT2D eigenvalue weighted by Crippen LogP contribution is 2.23. The van der Waals surface area contributed by atoms with Crippen LogP contribution in [0.3, 0.4) is 0 Å². The molecular weight excluding hydrogens is 354 g/mol. The number of hydrogen-bond acceptors (Lipinski definition) is 6. The van der Waals surface area contributed by atoms with E-state index in [0.717, 1.165) is 24.5 Å². The van der Waals surface area contributed by atoms with Gasteiger partial charge in [-0.15, -0.1) is 0 Å². The molecule has 1 saturated heterocycles. The van der Waals surface area contributed by atoms with E-state index in [1.807, 2.05) is 12.1 Å². The maximum Gasteiger partial charge on any atom is 0.335 e. The zero-order valence-corrected chi connectivity index (χ0v) is 15.3. The fourth-order valence-electron chi connectivity index (χ4n) is 3.19. The summed E-state index contributed by atoms with van der Waals surface area (Å²) in [6, 6.07) is 16.5. The van der Waals surface area contributed by atoms with Gasteiger partial charge in [-0.25, -0.2) is 9.78 Å². The third kappa shape index (κ3) is 4.20. The molecule has 0 amide bonds. The van der Waals surface area contributed by atoms with E-state index in [4.69, 9.17) is 5.11 Å². The average Bonchev–Trinajstić information content (AvgIpc) is 3.24. The summed E-state index contributed by atoms with van der Waals surface area (Å²) in [6.45, 7) is 2.24. The second-order valence-corrected chi connectivity index (χ2v) is 6.64. The van der Waals surface area contributed by atoms with Gasteiger partial charge in [-0.2, -0.15) is 4.98 Å². The van der Waals surface area contributed by atoms with Crippen LogP contribution in [-0.2, 0) is 0 Å². The van der Waals surface area contributed by atoms with Gasteiger partial charge in [-0.1, -0.05) is 0 Å². The van der Waals surface area contributed by atoms with Crippen LogP contribution in [-0.4, -0.2) is 34.1 Å². The van der Waals surface area contributed by atoms with E-state index in [9.17, 15) is 4.79 Å². The van der Waals surface area contributed by atoms with Crippen molar-refractivity contribution in [1.29, 1.82) is 0 Å². The van der Waals surface area contributed by atoms with Crippen LogP contribution in [0.5, 0.6) is 0 Å². The number of carboxylic acid groups (broad SMARTS) is 1. The zero-order chi connectivity index (χ0) is 19.3. The summed E-state index contributed by atoms with van der Waals surface area (Å²) < 4.78 is 0. The quantitative estimate of drug-likeness (QED) is 0.593. The van der Waals surface area contributed by atoms with Gasteiger partial charge in [0.25, 0.3) is 0 Å². The van der Waals surface area contributed by atoms with E-state index >= 15 is 0 Å². The van der Waals surface area contributed by atoms with Crippen molar-refractivity contribution >= 4 is 34.8 Å². The predicted molar refractivity (Wildman–Crippen MR) is 110 cm³/mol. The molecule has 1 aliphatic heterocycles. The average molecular weight is 375 g/mol. The molecular formula is C21H21N5O2. The Labute approximate surface area is 163 Å². The summed E-state index contributed by atoms with van der Waals surface area (Å²) in [5.41, 5.74) is 3.16. The number of nitrogens with zero attached hydrogens (tertiary/aromatic N) is 3. The highest BCUT2D eigenvalue weighted by Gasteiger charge is 2.12. The molecule has 28 heavy (non-hydrogen) atoms. The predicted octanol–water partition coefficient (Wildman–Crippen LogP) is 4.26. The topological polar surface area (TPSA) is 90.4 Å². The molecule has 0 aliphatic carbocycles. The molecule has 142 valence electrons. The molecule has 0 radical (unpaired) electrons. The summed E-state index contributed by atoms with van der Waals surface area (Å²) in [7, 11) is 0. The van der Waals surface area contributed by atoms with E-state index in [1.165, 1.54) is 18.5 Å². The van der Waals surface area contributed by atoms with Crippen molar-refractivity contribution in [2.24, 2.45) is 0 Å². The smallest absolute Gasteiger partial charge is 0.335 e. The molecule has 0 atom stereocenters. The number of benzene rings is 2. The highest BCUT2D eigenvalue weighted by atomic mass is 16.4. The number of aromatic carboxylic acids is 1. The normalized spacial score (nSPS) is 13.4. The van der Waals surface area contributed by atoms with Crippen LogP contribution in [0, 0.1) is 0 Å². The second-order valence-electron chi connectivity index (χ2n) is 6.64. The highest BCUT2D eigenvalue weighted by molar-refractivity contribution is 5.88. The molecule has 1 aliphatic rings. The van der Waals surface area contributed by atoms with Crippen LogP contribution in [0.25, 0.3) is 0 Å². The van der Waals surface area contributed by atoms with E-state index in [-0.39, 0.29) is 5.56 Å². The summed E-state index contributed by atoms with van der Waals surface area (Å²) >= 11 is 0.